The van der Waals surface area contributed by atoms with Gasteiger partial charge in [-0.05, 0) is 73.7 Å². The lowest BCUT2D eigenvalue weighted by Gasteiger charge is -2.27. The molecule has 2 aromatic rings. The van der Waals surface area contributed by atoms with Crippen molar-refractivity contribution < 1.29 is 0 Å². The summed E-state index contributed by atoms with van der Waals surface area (Å²) in [5.41, 5.74) is 7.71. The Bertz CT molecular complexity index is 1060. The van der Waals surface area contributed by atoms with Crippen LogP contribution in [0.2, 0.25) is 5.02 Å². The van der Waals surface area contributed by atoms with E-state index in [2.05, 4.69) is 52.6 Å². The summed E-state index contributed by atoms with van der Waals surface area (Å²) in [6, 6.07) is 14.8. The number of fused-ring (bicyclic) bond motifs is 1. The summed E-state index contributed by atoms with van der Waals surface area (Å²) in [5, 5.41) is 8.36. The van der Waals surface area contributed by atoms with Gasteiger partial charge in [-0.25, -0.2) is 0 Å². The fourth-order valence-electron chi connectivity index (χ4n) is 4.61. The van der Waals surface area contributed by atoms with E-state index in [4.69, 9.17) is 22.4 Å². The molecule has 0 radical (unpaired) electrons. The molecule has 1 atom stereocenters. The molecular formula is C26H32ClN5. The number of hydrazone groups is 1. The maximum atomic E-state index is 6.24. The number of benzene rings is 2. The first-order valence-electron chi connectivity index (χ1n) is 11.5. The average molecular weight is 450 g/mol. The highest BCUT2D eigenvalue weighted by atomic mass is 35.5. The van der Waals surface area contributed by atoms with Crippen molar-refractivity contribution in [1.82, 2.24) is 4.90 Å². The van der Waals surface area contributed by atoms with Crippen LogP contribution in [-0.2, 0) is 0 Å². The Labute approximate surface area is 196 Å². The van der Waals surface area contributed by atoms with Crippen LogP contribution in [0.3, 0.4) is 0 Å². The molecular weight excluding hydrogens is 418 g/mol. The first-order valence-corrected chi connectivity index (χ1v) is 11.8. The summed E-state index contributed by atoms with van der Waals surface area (Å²) in [6.45, 7) is 8.18. The molecule has 2 aliphatic rings. The van der Waals surface area contributed by atoms with E-state index >= 15 is 0 Å². The van der Waals surface area contributed by atoms with Gasteiger partial charge >= 0.3 is 0 Å². The summed E-state index contributed by atoms with van der Waals surface area (Å²) in [5.74, 6) is 5.63. The van der Waals surface area contributed by atoms with Crippen LogP contribution in [0.25, 0.3) is 5.57 Å². The Morgan fingerprint density at radius 2 is 2.16 bits per heavy atom. The van der Waals surface area contributed by atoms with Crippen molar-refractivity contribution in [2.24, 2.45) is 15.9 Å². The van der Waals surface area contributed by atoms with Crippen LogP contribution in [0.4, 0.5) is 5.69 Å². The van der Waals surface area contributed by atoms with Gasteiger partial charge in [-0.3, -0.25) is 9.89 Å². The molecule has 4 rings (SSSR count). The Morgan fingerprint density at radius 3 is 2.88 bits per heavy atom. The number of halogens is 1. The SMILES string of the molecule is CCCN1CC=C(c2ccc3c(c2)C(Nc2cccc(Cl)c2)CCN=C3C(C)=NN)CC1. The van der Waals surface area contributed by atoms with Crippen LogP contribution in [-0.4, -0.2) is 42.5 Å². The zero-order valence-electron chi connectivity index (χ0n) is 18.9. The first-order chi connectivity index (χ1) is 15.6. The van der Waals surface area contributed by atoms with Gasteiger partial charge in [0.25, 0.3) is 0 Å². The van der Waals surface area contributed by atoms with E-state index < -0.39 is 0 Å². The van der Waals surface area contributed by atoms with E-state index in [1.165, 1.54) is 23.1 Å². The molecule has 168 valence electrons. The zero-order chi connectivity index (χ0) is 22.5. The molecule has 0 aromatic heterocycles. The quantitative estimate of drug-likeness (QED) is 0.346. The van der Waals surface area contributed by atoms with Gasteiger partial charge in [0.05, 0.1) is 17.5 Å². The number of nitrogens with one attached hydrogen (secondary N) is 1. The molecule has 0 bridgehead atoms. The van der Waals surface area contributed by atoms with Gasteiger partial charge in [-0.15, -0.1) is 0 Å². The van der Waals surface area contributed by atoms with Crippen LogP contribution in [0.1, 0.15) is 55.8 Å². The summed E-state index contributed by atoms with van der Waals surface area (Å²) in [6.07, 6.45) is 5.55. The van der Waals surface area contributed by atoms with Crippen molar-refractivity contribution in [1.29, 1.82) is 0 Å². The molecule has 2 heterocycles. The molecule has 2 aliphatic heterocycles. The lowest BCUT2D eigenvalue weighted by Crippen LogP contribution is -2.29. The van der Waals surface area contributed by atoms with Gasteiger partial charge in [0.1, 0.15) is 0 Å². The number of hydrogen-bond acceptors (Lipinski definition) is 5. The lowest BCUT2D eigenvalue weighted by molar-refractivity contribution is 0.302. The van der Waals surface area contributed by atoms with Gasteiger partial charge in [0, 0.05) is 35.9 Å². The highest BCUT2D eigenvalue weighted by Crippen LogP contribution is 2.33. The van der Waals surface area contributed by atoms with E-state index in [1.807, 2.05) is 25.1 Å². The van der Waals surface area contributed by atoms with E-state index in [0.29, 0.717) is 6.54 Å². The second-order valence-electron chi connectivity index (χ2n) is 8.52. The summed E-state index contributed by atoms with van der Waals surface area (Å²) < 4.78 is 0. The van der Waals surface area contributed by atoms with Crippen molar-refractivity contribution in [2.45, 2.75) is 39.2 Å². The summed E-state index contributed by atoms with van der Waals surface area (Å²) in [4.78, 5) is 7.35. The molecule has 2 aromatic carbocycles. The van der Waals surface area contributed by atoms with Crippen molar-refractivity contribution >= 4 is 34.3 Å². The maximum Gasteiger partial charge on any atom is 0.0879 e. The van der Waals surface area contributed by atoms with E-state index in [1.54, 1.807) is 0 Å². The maximum absolute atomic E-state index is 6.24. The van der Waals surface area contributed by atoms with Gasteiger partial charge in [-0.1, -0.05) is 42.8 Å². The highest BCUT2D eigenvalue weighted by Gasteiger charge is 2.24. The first kappa shape index (κ1) is 22.6. The van der Waals surface area contributed by atoms with Gasteiger partial charge in [-0.2, -0.15) is 5.10 Å². The molecule has 6 heteroatoms. The topological polar surface area (TPSA) is 66.0 Å². The lowest BCUT2D eigenvalue weighted by atomic mass is 9.89. The molecule has 0 amide bonds. The van der Waals surface area contributed by atoms with Crippen LogP contribution in [0, 0.1) is 0 Å². The predicted octanol–water partition coefficient (Wildman–Crippen LogP) is 5.52. The van der Waals surface area contributed by atoms with Gasteiger partial charge in [0.2, 0.25) is 0 Å². The van der Waals surface area contributed by atoms with Crippen LogP contribution >= 0.6 is 11.6 Å². The third-order valence-corrected chi connectivity index (χ3v) is 6.51. The molecule has 32 heavy (non-hydrogen) atoms. The average Bonchev–Trinajstić information content (AvgIpc) is 2.98. The molecule has 1 unspecified atom stereocenters. The highest BCUT2D eigenvalue weighted by molar-refractivity contribution is 6.48. The number of nitrogens with zero attached hydrogens (tertiary/aromatic N) is 3. The second-order valence-corrected chi connectivity index (χ2v) is 8.96. The minimum absolute atomic E-state index is 0.121. The number of nitrogens with two attached hydrogens (primary N) is 1. The molecule has 0 fully saturated rings. The predicted molar refractivity (Wildman–Crippen MR) is 137 cm³/mol. The van der Waals surface area contributed by atoms with Gasteiger partial charge < -0.3 is 11.2 Å². The smallest absolute Gasteiger partial charge is 0.0879 e. The number of anilines is 1. The molecule has 0 saturated heterocycles. The fraction of sp³-hybridized carbons (Fsp3) is 0.385. The standard InChI is InChI=1S/C26H32ClN5/c1-3-13-32-14-10-19(11-15-32)20-7-8-23-24(16-20)25(9-12-29-26(23)18(2)31-28)30-22-6-4-5-21(27)17-22/h4-8,10,16-17,25,30H,3,9,11-15,28H2,1-2H3. The van der Waals surface area contributed by atoms with Crippen molar-refractivity contribution in [3.05, 3.63) is 70.3 Å². The Hall–Kier alpha value is -2.63. The number of hydrogen-bond donors (Lipinski definition) is 2. The third-order valence-electron chi connectivity index (χ3n) is 6.28. The van der Waals surface area contributed by atoms with E-state index in [9.17, 15) is 0 Å². The van der Waals surface area contributed by atoms with Crippen LogP contribution in [0.5, 0.6) is 0 Å². The van der Waals surface area contributed by atoms with E-state index in [-0.39, 0.29) is 6.04 Å². The third kappa shape index (κ3) is 5.05. The Balaban J connectivity index is 1.71. The second kappa shape index (κ2) is 10.3. The largest absolute Gasteiger partial charge is 0.378 e. The molecule has 3 N–H and O–H groups in total. The summed E-state index contributed by atoms with van der Waals surface area (Å²) >= 11 is 6.24. The fourth-order valence-corrected chi connectivity index (χ4v) is 4.80. The van der Waals surface area contributed by atoms with Crippen molar-refractivity contribution in [2.75, 3.05) is 31.5 Å². The zero-order valence-corrected chi connectivity index (χ0v) is 19.7. The molecule has 0 spiro atoms. The Kier molecular flexibility index (Phi) is 7.28. The summed E-state index contributed by atoms with van der Waals surface area (Å²) in [7, 11) is 0. The normalized spacial score (nSPS) is 19.6. The number of rotatable bonds is 6. The van der Waals surface area contributed by atoms with Crippen molar-refractivity contribution in [3.8, 4) is 0 Å². The monoisotopic (exact) mass is 449 g/mol. The Morgan fingerprint density at radius 1 is 1.28 bits per heavy atom. The van der Waals surface area contributed by atoms with Crippen LogP contribution in [0.15, 0.2) is 58.6 Å². The number of aliphatic imine (C=N–C) groups is 1. The van der Waals surface area contributed by atoms with Crippen molar-refractivity contribution in [3.63, 3.8) is 0 Å². The molecule has 5 nitrogen and oxygen atoms in total. The molecule has 0 saturated carbocycles. The minimum atomic E-state index is 0.121. The minimum Gasteiger partial charge on any atom is -0.378 e. The molecule has 0 aliphatic carbocycles. The van der Waals surface area contributed by atoms with Gasteiger partial charge in [0.15, 0.2) is 0 Å². The van der Waals surface area contributed by atoms with E-state index in [0.717, 1.165) is 60.2 Å². The van der Waals surface area contributed by atoms with Crippen LogP contribution < -0.4 is 11.2 Å².